The lowest BCUT2D eigenvalue weighted by molar-refractivity contribution is -0.117. The van der Waals surface area contributed by atoms with E-state index in [0.29, 0.717) is 6.42 Å². The quantitative estimate of drug-likeness (QED) is 0.692. The molecule has 0 aliphatic heterocycles. The van der Waals surface area contributed by atoms with Crippen LogP contribution in [-0.4, -0.2) is 16.9 Å². The second-order valence-electron chi connectivity index (χ2n) is 5.93. The van der Waals surface area contributed by atoms with Gasteiger partial charge in [-0.05, 0) is 43.0 Å². The van der Waals surface area contributed by atoms with Crippen LogP contribution in [0.1, 0.15) is 16.7 Å². The maximum absolute atomic E-state index is 12.4. The number of aryl methyl sites for hydroxylation is 2. The van der Waals surface area contributed by atoms with Crippen LogP contribution in [0.2, 0.25) is 0 Å². The number of aromatic nitrogens is 1. The van der Waals surface area contributed by atoms with Crippen LogP contribution in [0.4, 0.5) is 5.69 Å². The fourth-order valence-corrected chi connectivity index (χ4v) is 2.86. The van der Waals surface area contributed by atoms with E-state index < -0.39 is 6.04 Å². The number of H-pyrrole nitrogens is 1. The smallest absolute Gasteiger partial charge is 0.241 e. The third-order valence-electron chi connectivity index (χ3n) is 4.18. The lowest BCUT2D eigenvalue weighted by Gasteiger charge is -2.15. The number of hydrogen-bond donors (Lipinski definition) is 3. The highest BCUT2D eigenvalue weighted by atomic mass is 16.2. The number of carbonyl (C=O) groups is 1. The molecule has 0 aliphatic rings. The Labute approximate surface area is 135 Å². The summed E-state index contributed by atoms with van der Waals surface area (Å²) in [6.45, 7) is 3.96. The van der Waals surface area contributed by atoms with Crippen molar-refractivity contribution in [2.24, 2.45) is 5.73 Å². The van der Waals surface area contributed by atoms with E-state index in [1.807, 2.05) is 62.5 Å². The average molecular weight is 307 g/mol. The number of carbonyl (C=O) groups excluding carboxylic acids is 1. The van der Waals surface area contributed by atoms with Gasteiger partial charge in [-0.25, -0.2) is 0 Å². The number of benzene rings is 2. The van der Waals surface area contributed by atoms with Crippen molar-refractivity contribution in [1.82, 2.24) is 4.98 Å². The molecule has 3 rings (SSSR count). The number of nitrogens with one attached hydrogen (secondary N) is 2. The number of amides is 1. The average Bonchev–Trinajstić information content (AvgIpc) is 2.94. The van der Waals surface area contributed by atoms with Crippen LogP contribution in [-0.2, 0) is 11.2 Å². The summed E-state index contributed by atoms with van der Waals surface area (Å²) in [5.74, 6) is -0.160. The minimum absolute atomic E-state index is 0.160. The first-order chi connectivity index (χ1) is 11.1. The lowest BCUT2D eigenvalue weighted by atomic mass is 10.0. The molecular weight excluding hydrogens is 286 g/mol. The van der Waals surface area contributed by atoms with Crippen LogP contribution < -0.4 is 11.1 Å². The van der Waals surface area contributed by atoms with Gasteiger partial charge in [0.15, 0.2) is 0 Å². The van der Waals surface area contributed by atoms with E-state index in [9.17, 15) is 4.79 Å². The maximum Gasteiger partial charge on any atom is 0.241 e. The second-order valence-corrected chi connectivity index (χ2v) is 5.93. The van der Waals surface area contributed by atoms with Gasteiger partial charge in [0.1, 0.15) is 0 Å². The Morgan fingerprint density at radius 1 is 1.13 bits per heavy atom. The first kappa shape index (κ1) is 15.3. The molecule has 1 heterocycles. The molecule has 0 bridgehead atoms. The van der Waals surface area contributed by atoms with Crippen molar-refractivity contribution < 1.29 is 4.79 Å². The predicted molar refractivity (Wildman–Crippen MR) is 94.5 cm³/mol. The Balaban J connectivity index is 1.75. The van der Waals surface area contributed by atoms with Crippen molar-refractivity contribution >= 4 is 22.5 Å². The second kappa shape index (κ2) is 6.26. The van der Waals surface area contributed by atoms with E-state index in [1.54, 1.807) is 0 Å². The van der Waals surface area contributed by atoms with E-state index in [-0.39, 0.29) is 5.91 Å². The van der Waals surface area contributed by atoms with Crippen molar-refractivity contribution in [3.05, 3.63) is 65.4 Å². The number of rotatable bonds is 4. The van der Waals surface area contributed by atoms with E-state index in [0.717, 1.165) is 33.3 Å². The normalized spacial score (nSPS) is 12.3. The summed E-state index contributed by atoms with van der Waals surface area (Å²) in [5, 5.41) is 4.08. The highest BCUT2D eigenvalue weighted by molar-refractivity contribution is 5.96. The predicted octanol–water partition coefficient (Wildman–Crippen LogP) is 3.29. The molecular formula is C19H21N3O. The van der Waals surface area contributed by atoms with Gasteiger partial charge in [-0.15, -0.1) is 0 Å². The van der Waals surface area contributed by atoms with Crippen LogP contribution in [0.5, 0.6) is 0 Å². The molecule has 1 atom stereocenters. The number of para-hydroxylation sites is 2. The zero-order valence-electron chi connectivity index (χ0n) is 13.4. The van der Waals surface area contributed by atoms with Gasteiger partial charge < -0.3 is 16.0 Å². The molecule has 0 fully saturated rings. The molecule has 0 saturated heterocycles. The van der Waals surface area contributed by atoms with Crippen LogP contribution in [0, 0.1) is 13.8 Å². The van der Waals surface area contributed by atoms with Crippen molar-refractivity contribution in [2.45, 2.75) is 26.3 Å². The number of fused-ring (bicyclic) bond motifs is 1. The molecule has 4 N–H and O–H groups in total. The van der Waals surface area contributed by atoms with Crippen molar-refractivity contribution in [3.63, 3.8) is 0 Å². The molecule has 2 aromatic carbocycles. The molecule has 0 saturated carbocycles. The van der Waals surface area contributed by atoms with Gasteiger partial charge in [0.2, 0.25) is 5.91 Å². The molecule has 0 spiro atoms. The Bertz CT molecular complexity index is 830. The van der Waals surface area contributed by atoms with Crippen LogP contribution in [0.15, 0.2) is 48.7 Å². The Morgan fingerprint density at radius 3 is 2.57 bits per heavy atom. The maximum atomic E-state index is 12.4. The topological polar surface area (TPSA) is 70.9 Å². The fraction of sp³-hybridized carbons (Fsp3) is 0.211. The SMILES string of the molecule is Cc1cccc(C)c1NC(=O)[C@@H](N)Cc1c[nH]c2ccccc12. The zero-order valence-corrected chi connectivity index (χ0v) is 13.4. The van der Waals surface area contributed by atoms with Crippen molar-refractivity contribution in [1.29, 1.82) is 0 Å². The largest absolute Gasteiger partial charge is 0.361 e. The fourth-order valence-electron chi connectivity index (χ4n) is 2.86. The standard InChI is InChI=1S/C19H21N3O/c1-12-6-5-7-13(2)18(12)22-19(23)16(20)10-14-11-21-17-9-4-3-8-15(14)17/h3-9,11,16,21H,10,20H2,1-2H3,(H,22,23)/t16-/m0/s1. The number of aromatic amines is 1. The van der Waals surface area contributed by atoms with Crippen LogP contribution in [0.3, 0.4) is 0 Å². The molecule has 23 heavy (non-hydrogen) atoms. The Hall–Kier alpha value is -2.59. The highest BCUT2D eigenvalue weighted by Gasteiger charge is 2.17. The first-order valence-corrected chi connectivity index (χ1v) is 7.74. The summed E-state index contributed by atoms with van der Waals surface area (Å²) in [4.78, 5) is 15.6. The molecule has 1 amide bonds. The monoisotopic (exact) mass is 307 g/mol. The third kappa shape index (κ3) is 3.12. The summed E-state index contributed by atoms with van der Waals surface area (Å²) < 4.78 is 0. The van der Waals surface area contributed by atoms with Crippen molar-refractivity contribution in [2.75, 3.05) is 5.32 Å². The summed E-state index contributed by atoms with van der Waals surface area (Å²) in [6.07, 6.45) is 2.43. The van der Waals surface area contributed by atoms with Gasteiger partial charge >= 0.3 is 0 Å². The van der Waals surface area contributed by atoms with E-state index in [4.69, 9.17) is 5.73 Å². The Morgan fingerprint density at radius 2 is 1.83 bits per heavy atom. The summed E-state index contributed by atoms with van der Waals surface area (Å²) in [7, 11) is 0. The van der Waals surface area contributed by atoms with E-state index in [1.165, 1.54) is 0 Å². The van der Waals surface area contributed by atoms with Gasteiger partial charge in [0.25, 0.3) is 0 Å². The third-order valence-corrected chi connectivity index (χ3v) is 4.18. The zero-order chi connectivity index (χ0) is 16.4. The lowest BCUT2D eigenvalue weighted by Crippen LogP contribution is -2.37. The Kier molecular flexibility index (Phi) is 4.17. The molecule has 0 unspecified atom stereocenters. The van der Waals surface area contributed by atoms with E-state index in [2.05, 4.69) is 10.3 Å². The van der Waals surface area contributed by atoms with Crippen LogP contribution >= 0.6 is 0 Å². The van der Waals surface area contributed by atoms with E-state index >= 15 is 0 Å². The molecule has 0 aliphatic carbocycles. The summed E-state index contributed by atoms with van der Waals surface area (Å²) in [6, 6.07) is 13.4. The molecule has 3 aromatic rings. The van der Waals surface area contributed by atoms with Crippen molar-refractivity contribution in [3.8, 4) is 0 Å². The number of hydrogen-bond acceptors (Lipinski definition) is 2. The highest BCUT2D eigenvalue weighted by Crippen LogP contribution is 2.21. The molecule has 4 heteroatoms. The number of nitrogens with two attached hydrogens (primary N) is 1. The minimum Gasteiger partial charge on any atom is -0.361 e. The molecule has 0 radical (unpaired) electrons. The molecule has 118 valence electrons. The summed E-state index contributed by atoms with van der Waals surface area (Å²) >= 11 is 0. The van der Waals surface area contributed by atoms with Gasteiger partial charge in [-0.1, -0.05) is 36.4 Å². The van der Waals surface area contributed by atoms with Gasteiger partial charge in [0.05, 0.1) is 6.04 Å². The minimum atomic E-state index is -0.590. The number of anilines is 1. The van der Waals surface area contributed by atoms with Gasteiger partial charge in [-0.2, -0.15) is 0 Å². The molecule has 4 nitrogen and oxygen atoms in total. The first-order valence-electron chi connectivity index (χ1n) is 7.74. The summed E-state index contributed by atoms with van der Waals surface area (Å²) in [5.41, 5.74) is 11.2. The molecule has 1 aromatic heterocycles. The van der Waals surface area contributed by atoms with Gasteiger partial charge in [-0.3, -0.25) is 4.79 Å². The van der Waals surface area contributed by atoms with Crippen LogP contribution in [0.25, 0.3) is 10.9 Å². The van der Waals surface area contributed by atoms with Gasteiger partial charge in [0, 0.05) is 22.8 Å².